The molecule has 0 aromatic heterocycles. The zero-order valence-corrected chi connectivity index (χ0v) is 13.4. The topological polar surface area (TPSA) is 78.4 Å². The molecule has 5 nitrogen and oxygen atoms in total. The van der Waals surface area contributed by atoms with Gasteiger partial charge >= 0.3 is 0 Å². The van der Waals surface area contributed by atoms with Gasteiger partial charge in [0, 0.05) is 11.6 Å². The molecule has 1 saturated carbocycles. The smallest absolute Gasteiger partial charge is 0.223 e. The summed E-state index contributed by atoms with van der Waals surface area (Å²) < 4.78 is 19.5. The highest BCUT2D eigenvalue weighted by atomic mass is 32.2. The van der Waals surface area contributed by atoms with E-state index in [4.69, 9.17) is 4.55 Å². The quantitative estimate of drug-likeness (QED) is 0.705. The van der Waals surface area contributed by atoms with Crippen LogP contribution in [0, 0.1) is 18.8 Å². The van der Waals surface area contributed by atoms with Gasteiger partial charge in [-0.2, -0.15) is 0 Å². The summed E-state index contributed by atoms with van der Waals surface area (Å²) in [5.41, 5.74) is 2.85. The number of benzene rings is 1. The van der Waals surface area contributed by atoms with Gasteiger partial charge in [-0.05, 0) is 43.4 Å². The first kappa shape index (κ1) is 16.0. The minimum atomic E-state index is -1.87. The zero-order valence-electron chi connectivity index (χ0n) is 12.6. The van der Waals surface area contributed by atoms with Gasteiger partial charge < -0.3 is 15.2 Å². The first-order valence-corrected chi connectivity index (χ1v) is 8.38. The molecular weight excluding hydrogens is 288 g/mol. The highest BCUT2D eigenvalue weighted by Gasteiger charge is 2.39. The third-order valence-electron chi connectivity index (χ3n) is 3.94. The minimum Gasteiger partial charge on any atom is -0.371 e. The molecule has 1 aromatic rings. The Labute approximate surface area is 127 Å². The summed E-state index contributed by atoms with van der Waals surface area (Å²) in [6.07, 6.45) is 0.985. The third-order valence-corrected chi connectivity index (χ3v) is 4.33. The number of amides is 1. The second kappa shape index (κ2) is 6.58. The van der Waals surface area contributed by atoms with Crippen molar-refractivity contribution in [3.8, 4) is 0 Å². The van der Waals surface area contributed by atoms with Crippen molar-refractivity contribution in [2.75, 3.05) is 11.2 Å². The van der Waals surface area contributed by atoms with Crippen molar-refractivity contribution < 1.29 is 13.6 Å². The van der Waals surface area contributed by atoms with Gasteiger partial charge in [0.05, 0.1) is 6.04 Å². The van der Waals surface area contributed by atoms with E-state index in [0.29, 0.717) is 5.92 Å². The second-order valence-corrected chi connectivity index (χ2v) is 6.70. The predicted octanol–water partition coefficient (Wildman–Crippen LogP) is 2.42. The Morgan fingerprint density at radius 1 is 1.52 bits per heavy atom. The van der Waals surface area contributed by atoms with Gasteiger partial charge in [0.25, 0.3) is 0 Å². The molecule has 0 radical (unpaired) electrons. The van der Waals surface area contributed by atoms with Crippen LogP contribution in [0.4, 0.5) is 5.69 Å². The van der Waals surface area contributed by atoms with Crippen LogP contribution in [0.1, 0.15) is 37.4 Å². The lowest BCUT2D eigenvalue weighted by atomic mass is 10.0. The summed E-state index contributed by atoms with van der Waals surface area (Å²) in [6, 6.07) is 5.76. The number of rotatable bonds is 6. The van der Waals surface area contributed by atoms with E-state index >= 15 is 0 Å². The molecule has 0 heterocycles. The van der Waals surface area contributed by atoms with E-state index < -0.39 is 11.1 Å². The van der Waals surface area contributed by atoms with Crippen LogP contribution in [-0.2, 0) is 15.9 Å². The van der Waals surface area contributed by atoms with Crippen LogP contribution in [0.5, 0.6) is 0 Å². The van der Waals surface area contributed by atoms with E-state index in [2.05, 4.69) is 17.6 Å². The van der Waals surface area contributed by atoms with Crippen molar-refractivity contribution in [2.45, 2.75) is 33.2 Å². The Morgan fingerprint density at radius 3 is 2.71 bits per heavy atom. The molecule has 21 heavy (non-hydrogen) atoms. The number of carbonyl (C=O) groups is 1. The van der Waals surface area contributed by atoms with Crippen molar-refractivity contribution >= 4 is 22.7 Å². The van der Waals surface area contributed by atoms with Gasteiger partial charge in [-0.1, -0.05) is 19.1 Å². The fourth-order valence-corrected chi connectivity index (χ4v) is 2.66. The van der Waals surface area contributed by atoms with Gasteiger partial charge in [0.15, 0.2) is 11.1 Å². The van der Waals surface area contributed by atoms with E-state index in [1.165, 1.54) is 0 Å². The first-order chi connectivity index (χ1) is 9.88. The Balaban J connectivity index is 1.98. The minimum absolute atomic E-state index is 0.00600. The second-order valence-electron chi connectivity index (χ2n) is 5.77. The van der Waals surface area contributed by atoms with Crippen molar-refractivity contribution in [1.82, 2.24) is 5.32 Å². The molecule has 2 rings (SSSR count). The van der Waals surface area contributed by atoms with Gasteiger partial charge in [0.2, 0.25) is 5.91 Å². The van der Waals surface area contributed by atoms with E-state index in [1.807, 2.05) is 32.0 Å². The number of hydrogen-bond acceptors (Lipinski definition) is 3. The van der Waals surface area contributed by atoms with Gasteiger partial charge in [-0.15, -0.1) is 0 Å². The average Bonchev–Trinajstić information content (AvgIpc) is 3.14. The van der Waals surface area contributed by atoms with Crippen molar-refractivity contribution in [2.24, 2.45) is 11.8 Å². The summed E-state index contributed by atoms with van der Waals surface area (Å²) in [7, 11) is 0. The fraction of sp³-hybridized carbons (Fsp3) is 0.533. The molecule has 4 atom stereocenters. The number of carbonyl (C=O) groups excluding carboxylic acids is 1. The lowest BCUT2D eigenvalue weighted by molar-refractivity contribution is -0.123. The number of anilines is 1. The Morgan fingerprint density at radius 2 is 2.19 bits per heavy atom. The molecule has 1 aliphatic rings. The van der Waals surface area contributed by atoms with Crippen LogP contribution < -0.4 is 10.6 Å². The fourth-order valence-electron chi connectivity index (χ4n) is 2.39. The number of nitrogens with one attached hydrogen (secondary N) is 2. The summed E-state index contributed by atoms with van der Waals surface area (Å²) in [5, 5.41) is 5.95. The van der Waals surface area contributed by atoms with Crippen molar-refractivity contribution in [3.05, 3.63) is 29.3 Å². The van der Waals surface area contributed by atoms with Crippen LogP contribution in [0.2, 0.25) is 0 Å². The lowest BCUT2D eigenvalue weighted by Gasteiger charge is -2.16. The van der Waals surface area contributed by atoms with Crippen molar-refractivity contribution in [3.63, 3.8) is 0 Å². The lowest BCUT2D eigenvalue weighted by Crippen LogP contribution is -2.28. The highest BCUT2D eigenvalue weighted by molar-refractivity contribution is 7.79. The Kier molecular flexibility index (Phi) is 5.00. The molecule has 0 spiro atoms. The molecular formula is C15H22N2O3S. The van der Waals surface area contributed by atoms with Gasteiger partial charge in [-0.25, -0.2) is 4.21 Å². The normalized spacial score (nSPS) is 23.2. The van der Waals surface area contributed by atoms with Crippen LogP contribution >= 0.6 is 0 Å². The molecule has 1 fully saturated rings. The third kappa shape index (κ3) is 4.28. The maximum Gasteiger partial charge on any atom is 0.223 e. The van der Waals surface area contributed by atoms with E-state index in [-0.39, 0.29) is 23.7 Å². The standard InChI is InChI=1S/C15H22N2O3S/c1-9-7-13(9)15(18)17-11(3)12-4-5-14(10(2)6-12)16-8-21(19)20/h4-6,9,11,13,16H,7-8H2,1-3H3,(H,17,18)(H,19,20)/t9?,11-,13?/m1/s1. The molecule has 1 aromatic carbocycles. The summed E-state index contributed by atoms with van der Waals surface area (Å²) in [4.78, 5) is 11.9. The summed E-state index contributed by atoms with van der Waals surface area (Å²) in [5.74, 6) is 0.816. The molecule has 116 valence electrons. The van der Waals surface area contributed by atoms with Crippen molar-refractivity contribution in [1.29, 1.82) is 0 Å². The van der Waals surface area contributed by atoms with E-state index in [0.717, 1.165) is 23.2 Å². The Bertz CT molecular complexity index is 562. The van der Waals surface area contributed by atoms with Crippen LogP contribution in [0.3, 0.4) is 0 Å². The predicted molar refractivity (Wildman–Crippen MR) is 84.3 cm³/mol. The van der Waals surface area contributed by atoms with Crippen LogP contribution in [-0.4, -0.2) is 20.5 Å². The van der Waals surface area contributed by atoms with Crippen LogP contribution in [0.25, 0.3) is 0 Å². The first-order valence-electron chi connectivity index (χ1n) is 7.10. The van der Waals surface area contributed by atoms with E-state index in [9.17, 15) is 9.00 Å². The summed E-state index contributed by atoms with van der Waals surface area (Å²) >= 11 is -1.87. The molecule has 0 saturated heterocycles. The SMILES string of the molecule is Cc1cc([C@@H](C)NC(=O)C2CC2C)ccc1NCS(=O)O. The highest BCUT2D eigenvalue weighted by Crippen LogP contribution is 2.38. The number of hydrogen-bond donors (Lipinski definition) is 3. The maximum absolute atomic E-state index is 11.9. The van der Waals surface area contributed by atoms with Crippen LogP contribution in [0.15, 0.2) is 18.2 Å². The van der Waals surface area contributed by atoms with Gasteiger partial charge in [0.1, 0.15) is 5.88 Å². The molecule has 1 aliphatic carbocycles. The molecule has 3 N–H and O–H groups in total. The van der Waals surface area contributed by atoms with E-state index in [1.54, 1.807) is 0 Å². The monoisotopic (exact) mass is 310 g/mol. The Hall–Kier alpha value is -1.40. The molecule has 0 aliphatic heterocycles. The number of aryl methyl sites for hydroxylation is 1. The molecule has 3 unspecified atom stereocenters. The maximum atomic E-state index is 11.9. The van der Waals surface area contributed by atoms with Gasteiger partial charge in [-0.3, -0.25) is 4.79 Å². The average molecular weight is 310 g/mol. The summed E-state index contributed by atoms with van der Waals surface area (Å²) in [6.45, 7) is 5.99. The molecule has 0 bridgehead atoms. The zero-order chi connectivity index (χ0) is 15.6. The molecule has 1 amide bonds. The molecule has 6 heteroatoms. The largest absolute Gasteiger partial charge is 0.371 e.